The van der Waals surface area contributed by atoms with E-state index in [-0.39, 0.29) is 5.56 Å². The maximum atomic E-state index is 11.2. The van der Waals surface area contributed by atoms with Crippen molar-refractivity contribution in [2.75, 3.05) is 0 Å². The maximum absolute atomic E-state index is 11.2. The summed E-state index contributed by atoms with van der Waals surface area (Å²) in [5.74, 6) is 0.352. The van der Waals surface area contributed by atoms with Gasteiger partial charge in [-0.1, -0.05) is 18.2 Å². The Bertz CT molecular complexity index is 1410. The van der Waals surface area contributed by atoms with E-state index < -0.39 is 5.97 Å². The third kappa shape index (κ3) is 2.94. The van der Waals surface area contributed by atoms with Gasteiger partial charge in [0.15, 0.2) is 0 Å². The van der Waals surface area contributed by atoms with Gasteiger partial charge in [0.2, 0.25) is 0 Å². The first-order chi connectivity index (χ1) is 14.1. The first kappa shape index (κ1) is 16.9. The van der Waals surface area contributed by atoms with Gasteiger partial charge in [-0.3, -0.25) is 4.79 Å². The number of H-pyrrole nitrogens is 2. The molecule has 140 valence electrons. The maximum Gasteiger partial charge on any atom is 0.335 e. The lowest BCUT2D eigenvalue weighted by Gasteiger charge is -2.00. The molecule has 29 heavy (non-hydrogen) atoms. The smallest absolute Gasteiger partial charge is 0.335 e. The number of aromatic nitrogens is 4. The van der Waals surface area contributed by atoms with Crippen molar-refractivity contribution in [3.05, 3.63) is 71.8 Å². The average Bonchev–Trinajstić information content (AvgIpc) is 3.36. The number of carboxylic acid groups (broad SMARTS) is 1. The zero-order chi connectivity index (χ0) is 20.0. The Kier molecular flexibility index (Phi) is 3.74. The van der Waals surface area contributed by atoms with E-state index in [9.17, 15) is 9.59 Å². The van der Waals surface area contributed by atoms with Crippen LogP contribution in [0.1, 0.15) is 20.7 Å². The quantitative estimate of drug-likeness (QED) is 0.402. The van der Waals surface area contributed by atoms with Gasteiger partial charge in [0.05, 0.1) is 27.6 Å². The van der Waals surface area contributed by atoms with Gasteiger partial charge < -0.3 is 15.1 Å². The summed E-state index contributed by atoms with van der Waals surface area (Å²) >= 11 is 0. The van der Waals surface area contributed by atoms with E-state index in [1.54, 1.807) is 24.3 Å². The van der Waals surface area contributed by atoms with Crippen LogP contribution in [-0.4, -0.2) is 37.3 Å². The Morgan fingerprint density at radius 2 is 1.45 bits per heavy atom. The summed E-state index contributed by atoms with van der Waals surface area (Å²) in [4.78, 5) is 37.8. The SMILES string of the molecule is O=Cc1ccc2nc(-c3cccc(-c4nc5ccc(C(=O)O)cc5[nH]4)c3)[nH]c2c1. The number of fused-ring (bicyclic) bond motifs is 2. The molecule has 0 fully saturated rings. The van der Waals surface area contributed by atoms with Crippen LogP contribution in [0, 0.1) is 0 Å². The molecule has 2 aromatic heterocycles. The Labute approximate surface area is 164 Å². The number of carbonyl (C=O) groups is 2. The molecule has 0 amide bonds. The van der Waals surface area contributed by atoms with Crippen LogP contribution in [0.25, 0.3) is 44.8 Å². The van der Waals surface area contributed by atoms with Gasteiger partial charge in [0.25, 0.3) is 0 Å². The predicted octanol–water partition coefficient (Wildman–Crippen LogP) is 4.28. The van der Waals surface area contributed by atoms with Gasteiger partial charge in [-0.25, -0.2) is 14.8 Å². The second kappa shape index (κ2) is 6.42. The molecule has 3 N–H and O–H groups in total. The van der Waals surface area contributed by atoms with Crippen LogP contribution in [0.5, 0.6) is 0 Å². The summed E-state index contributed by atoms with van der Waals surface area (Å²) in [6.07, 6.45) is 0.803. The third-order valence-electron chi connectivity index (χ3n) is 4.78. The topological polar surface area (TPSA) is 112 Å². The fourth-order valence-electron chi connectivity index (χ4n) is 3.33. The predicted molar refractivity (Wildman–Crippen MR) is 109 cm³/mol. The molecular weight excluding hydrogens is 368 g/mol. The van der Waals surface area contributed by atoms with Crippen molar-refractivity contribution in [3.63, 3.8) is 0 Å². The van der Waals surface area contributed by atoms with Gasteiger partial charge in [-0.2, -0.15) is 0 Å². The van der Waals surface area contributed by atoms with Crippen LogP contribution in [0.15, 0.2) is 60.7 Å². The highest BCUT2D eigenvalue weighted by Crippen LogP contribution is 2.27. The van der Waals surface area contributed by atoms with Crippen LogP contribution in [-0.2, 0) is 0 Å². The van der Waals surface area contributed by atoms with Crippen LogP contribution in [0.4, 0.5) is 0 Å². The Morgan fingerprint density at radius 1 is 0.828 bits per heavy atom. The van der Waals surface area contributed by atoms with Crippen molar-refractivity contribution in [3.8, 4) is 22.8 Å². The number of aromatic carboxylic acids is 1. The Morgan fingerprint density at radius 3 is 2.07 bits per heavy atom. The molecule has 0 saturated carbocycles. The molecular formula is C22H14N4O3. The van der Waals surface area contributed by atoms with Crippen LogP contribution < -0.4 is 0 Å². The number of carboxylic acids is 1. The van der Waals surface area contributed by atoms with Crippen molar-refractivity contribution in [1.82, 2.24) is 19.9 Å². The standard InChI is InChI=1S/C22H14N4O3/c27-11-12-4-6-16-18(8-12)25-20(23-16)13-2-1-3-14(9-13)21-24-17-7-5-15(22(28)29)10-19(17)26-21/h1-11H,(H,23,25)(H,24,26)(H,28,29). The normalized spacial score (nSPS) is 11.2. The number of aromatic amines is 2. The Balaban J connectivity index is 1.57. The van der Waals surface area contributed by atoms with Crippen molar-refractivity contribution >= 4 is 34.3 Å². The first-order valence-electron chi connectivity index (χ1n) is 8.89. The van der Waals surface area contributed by atoms with E-state index in [0.717, 1.165) is 28.4 Å². The molecule has 0 aliphatic heterocycles. The van der Waals surface area contributed by atoms with E-state index in [2.05, 4.69) is 19.9 Å². The molecule has 0 bridgehead atoms. The lowest BCUT2D eigenvalue weighted by atomic mass is 10.1. The molecule has 0 radical (unpaired) electrons. The number of nitrogens with one attached hydrogen (secondary N) is 2. The van der Waals surface area contributed by atoms with E-state index in [1.807, 2.05) is 30.3 Å². The summed E-state index contributed by atoms with van der Waals surface area (Å²) in [6, 6.07) is 17.8. The molecule has 7 nitrogen and oxygen atoms in total. The highest BCUT2D eigenvalue weighted by Gasteiger charge is 2.11. The number of imidazole rings is 2. The van der Waals surface area contributed by atoms with Crippen molar-refractivity contribution < 1.29 is 14.7 Å². The summed E-state index contributed by atoms with van der Waals surface area (Å²) in [7, 11) is 0. The van der Waals surface area contributed by atoms with E-state index in [1.165, 1.54) is 6.07 Å². The Hall–Kier alpha value is -4.26. The number of rotatable bonds is 4. The average molecular weight is 382 g/mol. The van der Waals surface area contributed by atoms with Gasteiger partial charge >= 0.3 is 5.97 Å². The number of aldehydes is 1. The minimum absolute atomic E-state index is 0.207. The summed E-state index contributed by atoms with van der Waals surface area (Å²) in [5.41, 5.74) is 5.45. The van der Waals surface area contributed by atoms with E-state index >= 15 is 0 Å². The molecule has 0 saturated heterocycles. The third-order valence-corrected chi connectivity index (χ3v) is 4.78. The molecule has 0 atom stereocenters. The fourth-order valence-corrected chi connectivity index (χ4v) is 3.33. The van der Waals surface area contributed by atoms with Crippen LogP contribution in [0.3, 0.4) is 0 Å². The van der Waals surface area contributed by atoms with Crippen LogP contribution in [0.2, 0.25) is 0 Å². The minimum atomic E-state index is -0.979. The lowest BCUT2D eigenvalue weighted by molar-refractivity contribution is 0.0697. The molecule has 5 aromatic rings. The van der Waals surface area contributed by atoms with Crippen molar-refractivity contribution in [2.24, 2.45) is 0 Å². The fraction of sp³-hybridized carbons (Fsp3) is 0. The zero-order valence-electron chi connectivity index (χ0n) is 15.0. The van der Waals surface area contributed by atoms with Crippen molar-refractivity contribution in [2.45, 2.75) is 0 Å². The number of nitrogens with zero attached hydrogens (tertiary/aromatic N) is 2. The monoisotopic (exact) mass is 382 g/mol. The summed E-state index contributed by atoms with van der Waals surface area (Å²) in [5, 5.41) is 9.16. The van der Waals surface area contributed by atoms with E-state index in [4.69, 9.17) is 5.11 Å². The molecule has 0 unspecified atom stereocenters. The molecule has 0 aliphatic carbocycles. The number of carbonyl (C=O) groups excluding carboxylic acids is 1. The first-order valence-corrected chi connectivity index (χ1v) is 8.89. The van der Waals surface area contributed by atoms with Gasteiger partial charge in [-0.05, 0) is 42.5 Å². The van der Waals surface area contributed by atoms with Gasteiger partial charge in [0.1, 0.15) is 17.9 Å². The molecule has 7 heteroatoms. The van der Waals surface area contributed by atoms with Crippen molar-refractivity contribution in [1.29, 1.82) is 0 Å². The van der Waals surface area contributed by atoms with Gasteiger partial charge in [0, 0.05) is 16.7 Å². The zero-order valence-corrected chi connectivity index (χ0v) is 15.0. The number of benzene rings is 3. The molecule has 2 heterocycles. The van der Waals surface area contributed by atoms with E-state index in [0.29, 0.717) is 28.2 Å². The van der Waals surface area contributed by atoms with Gasteiger partial charge in [-0.15, -0.1) is 0 Å². The largest absolute Gasteiger partial charge is 0.478 e. The summed E-state index contributed by atoms with van der Waals surface area (Å²) in [6.45, 7) is 0. The molecule has 5 rings (SSSR count). The summed E-state index contributed by atoms with van der Waals surface area (Å²) < 4.78 is 0. The number of hydrogen-bond acceptors (Lipinski definition) is 4. The van der Waals surface area contributed by atoms with Crippen LogP contribution >= 0.6 is 0 Å². The second-order valence-electron chi connectivity index (χ2n) is 6.68. The number of hydrogen-bond donors (Lipinski definition) is 3. The second-order valence-corrected chi connectivity index (χ2v) is 6.68. The lowest BCUT2D eigenvalue weighted by Crippen LogP contribution is -1.94. The molecule has 0 aliphatic rings. The minimum Gasteiger partial charge on any atom is -0.478 e. The molecule has 0 spiro atoms. The molecule has 3 aromatic carbocycles. The highest BCUT2D eigenvalue weighted by atomic mass is 16.4. The highest BCUT2D eigenvalue weighted by molar-refractivity contribution is 5.93.